The summed E-state index contributed by atoms with van der Waals surface area (Å²) in [6.07, 6.45) is 16.4. The van der Waals surface area contributed by atoms with Crippen molar-refractivity contribution < 1.29 is 9.53 Å². The van der Waals surface area contributed by atoms with Gasteiger partial charge >= 0.3 is 0 Å². The predicted molar refractivity (Wildman–Crippen MR) is 154 cm³/mol. The van der Waals surface area contributed by atoms with Crippen molar-refractivity contribution in [3.63, 3.8) is 0 Å². The highest BCUT2D eigenvalue weighted by Crippen LogP contribution is 2.25. The average Bonchev–Trinajstić information content (AvgIpc) is 3.07. The van der Waals surface area contributed by atoms with Crippen LogP contribution in [-0.2, 0) is 11.3 Å². The number of hydrazone groups is 1. The van der Waals surface area contributed by atoms with Crippen molar-refractivity contribution >= 4 is 18.3 Å². The number of rotatable bonds is 8. The Balaban J connectivity index is 0.000000213. The molecule has 0 unspecified atom stereocenters. The lowest BCUT2D eigenvalue weighted by Gasteiger charge is -2.34. The van der Waals surface area contributed by atoms with Crippen LogP contribution < -0.4 is 10.7 Å². The molecule has 0 radical (unpaired) electrons. The van der Waals surface area contributed by atoms with Crippen LogP contribution in [0.5, 0.6) is 0 Å². The van der Waals surface area contributed by atoms with Crippen LogP contribution in [0, 0.1) is 12.8 Å². The number of nitrogens with zero attached hydrogens (tertiary/aromatic N) is 4. The van der Waals surface area contributed by atoms with Gasteiger partial charge in [0.2, 0.25) is 0 Å². The molecule has 0 saturated carbocycles. The minimum Gasteiger partial charge on any atom is -0.379 e. The van der Waals surface area contributed by atoms with Crippen LogP contribution >= 0.6 is 0 Å². The van der Waals surface area contributed by atoms with Crippen LogP contribution in [0.4, 0.5) is 0 Å². The summed E-state index contributed by atoms with van der Waals surface area (Å²) in [7, 11) is 5.41. The number of allylic oxidation sites excluding steroid dienone is 2. The number of carbonyl (C=O) groups excluding carboxylic acids is 1. The van der Waals surface area contributed by atoms with Gasteiger partial charge in [-0.2, -0.15) is 5.10 Å². The first-order valence-corrected chi connectivity index (χ1v) is 13.0. The molecule has 1 aromatic carbocycles. The number of aryl methyl sites for hydroxylation is 1. The van der Waals surface area contributed by atoms with E-state index >= 15 is 0 Å². The van der Waals surface area contributed by atoms with E-state index in [0.29, 0.717) is 13.2 Å². The molecule has 202 valence electrons. The lowest BCUT2D eigenvalue weighted by atomic mass is 9.93. The maximum absolute atomic E-state index is 11.7. The third kappa shape index (κ3) is 9.98. The molecule has 3 aliphatic heterocycles. The molecular formula is C29H44N6O2. The Morgan fingerprint density at radius 3 is 2.70 bits per heavy atom. The third-order valence-corrected chi connectivity index (χ3v) is 6.55. The summed E-state index contributed by atoms with van der Waals surface area (Å²) in [4.78, 5) is 20.0. The van der Waals surface area contributed by atoms with Crippen molar-refractivity contribution in [3.05, 3.63) is 71.7 Å². The fourth-order valence-electron chi connectivity index (χ4n) is 4.49. The smallest absolute Gasteiger partial charge is 0.258 e. The molecule has 2 N–H and O–H groups in total. The van der Waals surface area contributed by atoms with Crippen LogP contribution in [0.15, 0.2) is 65.1 Å². The molecule has 37 heavy (non-hydrogen) atoms. The van der Waals surface area contributed by atoms with Gasteiger partial charge in [-0.3, -0.25) is 9.79 Å². The van der Waals surface area contributed by atoms with E-state index in [-0.39, 0.29) is 5.91 Å². The highest BCUT2D eigenvalue weighted by atomic mass is 16.5. The third-order valence-electron chi connectivity index (χ3n) is 6.55. The van der Waals surface area contributed by atoms with Gasteiger partial charge in [0.05, 0.1) is 13.2 Å². The number of hydrogen-bond donors (Lipinski definition) is 2. The van der Waals surface area contributed by atoms with E-state index in [1.165, 1.54) is 38.0 Å². The van der Waals surface area contributed by atoms with Crippen LogP contribution in [0.3, 0.4) is 0 Å². The number of nitrogens with one attached hydrogen (secondary N) is 2. The van der Waals surface area contributed by atoms with E-state index in [0.717, 1.165) is 35.6 Å². The summed E-state index contributed by atoms with van der Waals surface area (Å²) >= 11 is 0. The molecule has 8 heteroatoms. The van der Waals surface area contributed by atoms with E-state index in [9.17, 15) is 4.79 Å². The second-order valence-electron chi connectivity index (χ2n) is 9.08. The van der Waals surface area contributed by atoms with E-state index in [1.54, 1.807) is 31.5 Å². The normalized spacial score (nSPS) is 16.9. The van der Waals surface area contributed by atoms with Crippen LogP contribution in [0.25, 0.3) is 0 Å². The largest absolute Gasteiger partial charge is 0.379 e. The fourth-order valence-corrected chi connectivity index (χ4v) is 4.49. The zero-order valence-electron chi connectivity index (χ0n) is 22.9. The topological polar surface area (TPSA) is 81.6 Å². The molecule has 1 fully saturated rings. The molecule has 0 aromatic heterocycles. The van der Waals surface area contributed by atoms with Crippen LogP contribution in [-0.4, -0.2) is 75.6 Å². The molecule has 0 aliphatic carbocycles. The van der Waals surface area contributed by atoms with Gasteiger partial charge in [0.25, 0.3) is 5.91 Å². The van der Waals surface area contributed by atoms with Gasteiger partial charge in [-0.05, 0) is 62.9 Å². The maximum Gasteiger partial charge on any atom is 0.258 e. The van der Waals surface area contributed by atoms with E-state index in [4.69, 9.17) is 0 Å². The first kappa shape index (κ1) is 30.0. The van der Waals surface area contributed by atoms with Gasteiger partial charge in [0, 0.05) is 69.8 Å². The second kappa shape index (κ2) is 17.3. The number of benzene rings is 1. The Hall–Kier alpha value is -3.23. The van der Waals surface area contributed by atoms with E-state index in [2.05, 4.69) is 49.2 Å². The van der Waals surface area contributed by atoms with E-state index < -0.39 is 0 Å². The lowest BCUT2D eigenvalue weighted by Crippen LogP contribution is -2.33. The maximum atomic E-state index is 11.7. The Labute approximate surface area is 222 Å². The van der Waals surface area contributed by atoms with Gasteiger partial charge in [0.1, 0.15) is 0 Å². The second-order valence-corrected chi connectivity index (χ2v) is 9.08. The van der Waals surface area contributed by atoms with Crippen molar-refractivity contribution in [2.24, 2.45) is 16.0 Å². The number of carbonyl (C=O) groups is 1. The summed E-state index contributed by atoms with van der Waals surface area (Å²) in [5, 5.41) is 6.91. The molecule has 3 heterocycles. The Kier molecular flexibility index (Phi) is 14.0. The molecule has 8 nitrogen and oxygen atoms in total. The number of ether oxygens (including phenoxy) is 1. The summed E-state index contributed by atoms with van der Waals surface area (Å²) in [5.41, 5.74) is 7.02. The number of likely N-dealkylation sites (tertiary alicyclic amines) is 1. The molecule has 0 spiro atoms. The van der Waals surface area contributed by atoms with Gasteiger partial charge in [-0.15, -0.1) is 0 Å². The van der Waals surface area contributed by atoms with Crippen molar-refractivity contribution in [3.8, 4) is 0 Å². The van der Waals surface area contributed by atoms with Crippen molar-refractivity contribution in [2.75, 3.05) is 47.4 Å². The molecular weight excluding hydrogens is 464 g/mol. The minimum atomic E-state index is 0.0723. The number of hydrogen-bond acceptors (Lipinski definition) is 7. The zero-order chi connectivity index (χ0) is 26.9. The average molecular weight is 509 g/mol. The summed E-state index contributed by atoms with van der Waals surface area (Å²) in [6.45, 7) is 10.4. The highest BCUT2D eigenvalue weighted by Gasteiger charge is 2.26. The fraction of sp³-hybridized carbons (Fsp3) is 0.483. The first-order chi connectivity index (χ1) is 18.0. The quantitative estimate of drug-likeness (QED) is 0.408. The highest BCUT2D eigenvalue weighted by molar-refractivity contribution is 6.00. The number of methoxy groups -OCH3 is 1. The Bertz CT molecular complexity index is 961. The Morgan fingerprint density at radius 1 is 1.27 bits per heavy atom. The number of fused-ring (bicyclic) bond motifs is 1. The standard InChI is InChI=1S/C14H23N3.C11H11NO.C4H10N2O/c1-15-9-4-13-6-11-17(12-7-13)14-3-2-8-16-10-5-14;1-3-12-7-9-6-4-5-8(2)10(9)11(12)13;1-5-6-3-4-7-2/h2,5,8,10,13,15H,3-4,6-7,9,11-12H2,1H3;3-6H,1,7H2,2H3;3,5H,4H2,1-2H3/b;;6-3+. The number of aliphatic imine (C=N–C) groups is 1. The molecule has 1 saturated heterocycles. The lowest BCUT2D eigenvalue weighted by molar-refractivity contribution is 0.0842. The number of amides is 1. The molecule has 0 atom stereocenters. The van der Waals surface area contributed by atoms with Crippen LogP contribution in [0.1, 0.15) is 47.2 Å². The Morgan fingerprint density at radius 2 is 2.05 bits per heavy atom. The number of piperidine rings is 1. The van der Waals surface area contributed by atoms with Gasteiger partial charge in [-0.25, -0.2) is 0 Å². The molecule has 3 aliphatic rings. The van der Waals surface area contributed by atoms with Crippen molar-refractivity contribution in [2.45, 2.75) is 39.2 Å². The minimum absolute atomic E-state index is 0.0723. The van der Waals surface area contributed by atoms with Gasteiger partial charge < -0.3 is 25.3 Å². The van der Waals surface area contributed by atoms with Crippen molar-refractivity contribution in [1.29, 1.82) is 0 Å². The predicted octanol–water partition coefficient (Wildman–Crippen LogP) is 4.11. The summed E-state index contributed by atoms with van der Waals surface area (Å²) in [5.74, 6) is 0.984. The molecule has 1 aromatic rings. The molecule has 1 amide bonds. The zero-order valence-corrected chi connectivity index (χ0v) is 22.9. The molecule has 4 rings (SSSR count). The van der Waals surface area contributed by atoms with Gasteiger partial charge in [0.15, 0.2) is 0 Å². The monoisotopic (exact) mass is 508 g/mol. The van der Waals surface area contributed by atoms with E-state index in [1.807, 2.05) is 44.6 Å². The van der Waals surface area contributed by atoms with Crippen LogP contribution in [0.2, 0.25) is 0 Å². The SMILES string of the molecule is C=CN1Cc2cccc(C)c2C1=O.CN/N=C/COC.CNCCC1CCN(C2=CC=NC=CC2)CC1. The van der Waals surface area contributed by atoms with Gasteiger partial charge in [-0.1, -0.05) is 30.9 Å². The summed E-state index contributed by atoms with van der Waals surface area (Å²) in [6, 6.07) is 5.93. The molecule has 0 bridgehead atoms. The summed E-state index contributed by atoms with van der Waals surface area (Å²) < 4.78 is 4.65. The first-order valence-electron chi connectivity index (χ1n) is 13.0. The van der Waals surface area contributed by atoms with Crippen molar-refractivity contribution in [1.82, 2.24) is 20.5 Å².